The van der Waals surface area contributed by atoms with Crippen molar-refractivity contribution in [2.45, 2.75) is 9.92 Å². The van der Waals surface area contributed by atoms with E-state index in [4.69, 9.17) is 21.1 Å². The number of benzene rings is 1. The lowest BCUT2D eigenvalue weighted by atomic mass is 10.3. The molecule has 1 aliphatic heterocycles. The van der Waals surface area contributed by atoms with Crippen molar-refractivity contribution in [2.75, 3.05) is 13.2 Å². The molecule has 1 aliphatic rings. The van der Waals surface area contributed by atoms with Crippen LogP contribution in [0.5, 0.6) is 11.5 Å². The topological polar surface area (TPSA) is 31.4 Å². The molecule has 0 N–H and O–H groups in total. The number of rotatable bonds is 2. The summed E-state index contributed by atoms with van der Waals surface area (Å²) in [6, 6.07) is 9.61. The second-order valence-corrected chi connectivity index (χ2v) is 5.25. The molecule has 0 amide bonds. The molecule has 0 bridgehead atoms. The standard InChI is InChI=1S/C13H10ClNO2S/c14-9-1-4-13(15-8-9)18-10-2-3-11-12(7-10)17-6-5-16-11/h1-4,7-8H,5-6H2. The molecule has 1 aromatic heterocycles. The first-order chi connectivity index (χ1) is 8.81. The Kier molecular flexibility index (Phi) is 3.30. The van der Waals surface area contributed by atoms with Gasteiger partial charge in [-0.2, -0.15) is 0 Å². The minimum absolute atomic E-state index is 0.598. The van der Waals surface area contributed by atoms with Crippen LogP contribution in [0, 0.1) is 0 Å². The van der Waals surface area contributed by atoms with E-state index < -0.39 is 0 Å². The number of fused-ring (bicyclic) bond motifs is 1. The molecular weight excluding hydrogens is 270 g/mol. The zero-order chi connectivity index (χ0) is 12.4. The molecule has 0 saturated heterocycles. The maximum absolute atomic E-state index is 5.80. The predicted molar refractivity (Wildman–Crippen MR) is 70.8 cm³/mol. The van der Waals surface area contributed by atoms with Crippen molar-refractivity contribution in [1.29, 1.82) is 0 Å². The molecule has 92 valence electrons. The number of hydrogen-bond donors (Lipinski definition) is 0. The van der Waals surface area contributed by atoms with Gasteiger partial charge >= 0.3 is 0 Å². The van der Waals surface area contributed by atoms with Crippen LogP contribution in [0.3, 0.4) is 0 Å². The number of nitrogens with zero attached hydrogens (tertiary/aromatic N) is 1. The highest BCUT2D eigenvalue weighted by Gasteiger charge is 2.12. The van der Waals surface area contributed by atoms with E-state index in [1.165, 1.54) is 0 Å². The van der Waals surface area contributed by atoms with E-state index in [0.29, 0.717) is 18.2 Å². The molecule has 2 heterocycles. The van der Waals surface area contributed by atoms with E-state index in [0.717, 1.165) is 21.4 Å². The quantitative estimate of drug-likeness (QED) is 0.840. The van der Waals surface area contributed by atoms with Crippen molar-refractivity contribution >= 4 is 23.4 Å². The van der Waals surface area contributed by atoms with Gasteiger partial charge in [0.25, 0.3) is 0 Å². The van der Waals surface area contributed by atoms with Crippen LogP contribution in [-0.2, 0) is 0 Å². The summed E-state index contributed by atoms with van der Waals surface area (Å²) in [6.07, 6.45) is 1.64. The summed E-state index contributed by atoms with van der Waals surface area (Å²) >= 11 is 7.37. The Bertz CT molecular complexity index is 559. The average molecular weight is 280 g/mol. The molecular formula is C13H10ClNO2S. The fraction of sp³-hybridized carbons (Fsp3) is 0.154. The summed E-state index contributed by atoms with van der Waals surface area (Å²) in [6.45, 7) is 1.21. The molecule has 0 saturated carbocycles. The largest absolute Gasteiger partial charge is 0.486 e. The van der Waals surface area contributed by atoms with Crippen LogP contribution in [0.25, 0.3) is 0 Å². The minimum Gasteiger partial charge on any atom is -0.486 e. The molecule has 2 aromatic rings. The Morgan fingerprint density at radius 2 is 1.89 bits per heavy atom. The molecule has 1 aromatic carbocycles. The van der Waals surface area contributed by atoms with Crippen molar-refractivity contribution < 1.29 is 9.47 Å². The van der Waals surface area contributed by atoms with Gasteiger partial charge < -0.3 is 9.47 Å². The van der Waals surface area contributed by atoms with E-state index in [1.807, 2.05) is 30.3 Å². The third-order valence-electron chi connectivity index (χ3n) is 2.44. The molecule has 0 aliphatic carbocycles. The van der Waals surface area contributed by atoms with E-state index in [9.17, 15) is 0 Å². The molecule has 0 radical (unpaired) electrons. The lowest BCUT2D eigenvalue weighted by molar-refractivity contribution is 0.171. The van der Waals surface area contributed by atoms with Crippen molar-refractivity contribution in [1.82, 2.24) is 4.98 Å². The van der Waals surface area contributed by atoms with Crippen molar-refractivity contribution in [3.8, 4) is 11.5 Å². The van der Waals surface area contributed by atoms with Gasteiger partial charge in [-0.1, -0.05) is 23.4 Å². The summed E-state index contributed by atoms with van der Waals surface area (Å²) in [5, 5.41) is 1.54. The average Bonchev–Trinajstić information content (AvgIpc) is 2.41. The van der Waals surface area contributed by atoms with Crippen LogP contribution in [-0.4, -0.2) is 18.2 Å². The Morgan fingerprint density at radius 1 is 1.06 bits per heavy atom. The molecule has 3 nitrogen and oxygen atoms in total. The fourth-order valence-corrected chi connectivity index (χ4v) is 2.53. The molecule has 5 heteroatoms. The van der Waals surface area contributed by atoms with Gasteiger partial charge in [0.1, 0.15) is 18.2 Å². The fourth-order valence-electron chi connectivity index (χ4n) is 1.63. The highest BCUT2D eigenvalue weighted by Crippen LogP contribution is 2.36. The Balaban J connectivity index is 1.82. The van der Waals surface area contributed by atoms with Crippen LogP contribution < -0.4 is 9.47 Å². The number of aromatic nitrogens is 1. The third kappa shape index (κ3) is 2.54. The van der Waals surface area contributed by atoms with Crippen LogP contribution in [0.15, 0.2) is 46.5 Å². The van der Waals surface area contributed by atoms with Crippen LogP contribution in [0.1, 0.15) is 0 Å². The van der Waals surface area contributed by atoms with Gasteiger partial charge in [0.05, 0.1) is 5.02 Å². The van der Waals surface area contributed by atoms with Gasteiger partial charge in [0, 0.05) is 11.1 Å². The normalized spacial score (nSPS) is 13.4. The maximum atomic E-state index is 5.80. The Morgan fingerprint density at radius 3 is 2.67 bits per heavy atom. The van der Waals surface area contributed by atoms with Crippen molar-refractivity contribution in [3.63, 3.8) is 0 Å². The Hall–Kier alpha value is -1.39. The second kappa shape index (κ2) is 5.08. The van der Waals surface area contributed by atoms with Crippen molar-refractivity contribution in [2.24, 2.45) is 0 Å². The lowest BCUT2D eigenvalue weighted by Gasteiger charge is -2.18. The first-order valence-electron chi connectivity index (χ1n) is 5.50. The van der Waals surface area contributed by atoms with E-state index >= 15 is 0 Å². The summed E-state index contributed by atoms with van der Waals surface area (Å²) in [5.74, 6) is 1.59. The summed E-state index contributed by atoms with van der Waals surface area (Å²) < 4.78 is 11.0. The first-order valence-corrected chi connectivity index (χ1v) is 6.70. The minimum atomic E-state index is 0.598. The zero-order valence-electron chi connectivity index (χ0n) is 9.43. The maximum Gasteiger partial charge on any atom is 0.162 e. The molecule has 0 atom stereocenters. The highest BCUT2D eigenvalue weighted by atomic mass is 35.5. The molecule has 0 fully saturated rings. The smallest absolute Gasteiger partial charge is 0.162 e. The Labute approximate surface area is 114 Å². The van der Waals surface area contributed by atoms with Crippen molar-refractivity contribution in [3.05, 3.63) is 41.6 Å². The number of pyridine rings is 1. The monoisotopic (exact) mass is 279 g/mol. The van der Waals surface area contributed by atoms with E-state index in [-0.39, 0.29) is 0 Å². The van der Waals surface area contributed by atoms with Gasteiger partial charge in [-0.3, -0.25) is 0 Å². The number of ether oxygens (including phenoxy) is 2. The van der Waals surface area contributed by atoms with Gasteiger partial charge in [-0.05, 0) is 30.3 Å². The predicted octanol–water partition coefficient (Wildman–Crippen LogP) is 3.66. The van der Waals surface area contributed by atoms with Crippen LogP contribution in [0.2, 0.25) is 5.02 Å². The van der Waals surface area contributed by atoms with Gasteiger partial charge in [0.15, 0.2) is 11.5 Å². The van der Waals surface area contributed by atoms with E-state index in [1.54, 1.807) is 18.0 Å². The van der Waals surface area contributed by atoms with E-state index in [2.05, 4.69) is 4.98 Å². The van der Waals surface area contributed by atoms with Crippen LogP contribution in [0.4, 0.5) is 0 Å². The van der Waals surface area contributed by atoms with Gasteiger partial charge in [-0.25, -0.2) is 4.98 Å². The van der Waals surface area contributed by atoms with Gasteiger partial charge in [0.2, 0.25) is 0 Å². The first kappa shape index (κ1) is 11.7. The molecule has 0 unspecified atom stereocenters. The summed E-state index contributed by atoms with van der Waals surface area (Å²) in [4.78, 5) is 5.31. The SMILES string of the molecule is Clc1ccc(Sc2ccc3c(c2)OCCO3)nc1. The highest BCUT2D eigenvalue weighted by molar-refractivity contribution is 7.99. The lowest BCUT2D eigenvalue weighted by Crippen LogP contribution is -2.15. The molecule has 0 spiro atoms. The third-order valence-corrected chi connectivity index (χ3v) is 3.60. The summed E-state index contributed by atoms with van der Waals surface area (Å²) in [5.41, 5.74) is 0. The number of hydrogen-bond acceptors (Lipinski definition) is 4. The summed E-state index contributed by atoms with van der Waals surface area (Å²) in [7, 11) is 0. The zero-order valence-corrected chi connectivity index (χ0v) is 11.0. The van der Waals surface area contributed by atoms with Gasteiger partial charge in [-0.15, -0.1) is 0 Å². The second-order valence-electron chi connectivity index (χ2n) is 3.72. The molecule has 3 rings (SSSR count). The number of halogens is 1. The molecule has 18 heavy (non-hydrogen) atoms. The van der Waals surface area contributed by atoms with Crippen LogP contribution >= 0.6 is 23.4 Å².